The minimum Gasteiger partial charge on any atom is -0.311 e. The first kappa shape index (κ1) is 16.0. The molecule has 1 N–H and O–H groups in total. The number of likely N-dealkylation sites (N-methyl/N-ethyl adjacent to an activating group) is 1. The van der Waals surface area contributed by atoms with Crippen molar-refractivity contribution in [2.75, 3.05) is 26.2 Å². The Morgan fingerprint density at radius 2 is 2.06 bits per heavy atom. The van der Waals surface area contributed by atoms with Gasteiger partial charge in [0.1, 0.15) is 0 Å². The van der Waals surface area contributed by atoms with Gasteiger partial charge in [0.05, 0.1) is 0 Å². The lowest BCUT2D eigenvalue weighted by Gasteiger charge is -2.19. The Labute approximate surface area is 124 Å². The zero-order valence-electron chi connectivity index (χ0n) is 11.2. The number of nitrogens with one attached hydrogen (secondary N) is 1. The molecule has 1 aromatic carbocycles. The molecule has 0 heterocycles. The fourth-order valence-corrected chi connectivity index (χ4v) is 2.69. The van der Waals surface area contributed by atoms with Gasteiger partial charge in [-0.1, -0.05) is 47.4 Å². The lowest BCUT2D eigenvalue weighted by molar-refractivity contribution is 0.287. The van der Waals surface area contributed by atoms with Crippen molar-refractivity contribution in [3.63, 3.8) is 0 Å². The molecule has 4 heteroatoms. The summed E-state index contributed by atoms with van der Waals surface area (Å²) in [5.74, 6) is 0. The molecule has 0 aliphatic carbocycles. The van der Waals surface area contributed by atoms with Crippen LogP contribution in [0.25, 0.3) is 0 Å². The third-order valence-corrected chi connectivity index (χ3v) is 3.90. The van der Waals surface area contributed by atoms with Gasteiger partial charge in [-0.15, -0.1) is 0 Å². The Morgan fingerprint density at radius 1 is 1.28 bits per heavy atom. The molecule has 2 nitrogen and oxygen atoms in total. The summed E-state index contributed by atoms with van der Waals surface area (Å²) in [7, 11) is 0. The predicted molar refractivity (Wildman–Crippen MR) is 83.3 cm³/mol. The van der Waals surface area contributed by atoms with E-state index in [0.29, 0.717) is 0 Å². The van der Waals surface area contributed by atoms with E-state index in [9.17, 15) is 0 Å². The number of benzene rings is 1. The standard InChI is InChI=1S/C14H22BrClN2/c1-3-8-18(4-2)9-7-17-11-12-5-6-13(16)10-14(12)15/h5-6,10,17H,3-4,7-9,11H2,1-2H3. The SMILES string of the molecule is CCCN(CC)CCNCc1ccc(Cl)cc1Br. The van der Waals surface area contributed by atoms with Gasteiger partial charge in [0, 0.05) is 29.1 Å². The second kappa shape index (κ2) is 8.92. The fourth-order valence-electron chi connectivity index (χ4n) is 1.87. The highest BCUT2D eigenvalue weighted by molar-refractivity contribution is 9.10. The van der Waals surface area contributed by atoms with E-state index in [0.717, 1.165) is 35.7 Å². The summed E-state index contributed by atoms with van der Waals surface area (Å²) in [5, 5.41) is 4.24. The van der Waals surface area contributed by atoms with Crippen LogP contribution in [0.4, 0.5) is 0 Å². The van der Waals surface area contributed by atoms with Gasteiger partial charge >= 0.3 is 0 Å². The molecule has 0 fully saturated rings. The first-order valence-corrected chi connectivity index (χ1v) is 7.71. The summed E-state index contributed by atoms with van der Waals surface area (Å²) < 4.78 is 1.07. The molecule has 0 spiro atoms. The zero-order chi connectivity index (χ0) is 13.4. The number of rotatable bonds is 8. The van der Waals surface area contributed by atoms with Crippen LogP contribution in [-0.2, 0) is 6.54 Å². The van der Waals surface area contributed by atoms with E-state index in [-0.39, 0.29) is 0 Å². The molecule has 102 valence electrons. The molecule has 0 aliphatic heterocycles. The molecule has 0 saturated carbocycles. The normalized spacial score (nSPS) is 11.2. The molecule has 0 aromatic heterocycles. The van der Waals surface area contributed by atoms with Gasteiger partial charge in [-0.25, -0.2) is 0 Å². The van der Waals surface area contributed by atoms with E-state index in [1.54, 1.807) is 0 Å². The van der Waals surface area contributed by atoms with Gasteiger partial charge < -0.3 is 10.2 Å². The Balaban J connectivity index is 2.29. The molecule has 0 amide bonds. The van der Waals surface area contributed by atoms with E-state index in [1.807, 2.05) is 12.1 Å². The number of hydrogen-bond donors (Lipinski definition) is 1. The highest BCUT2D eigenvalue weighted by atomic mass is 79.9. The predicted octanol–water partition coefficient (Wildman–Crippen LogP) is 3.92. The summed E-state index contributed by atoms with van der Waals surface area (Å²) in [6.07, 6.45) is 1.22. The summed E-state index contributed by atoms with van der Waals surface area (Å²) >= 11 is 9.45. The van der Waals surface area contributed by atoms with Crippen LogP contribution in [0.5, 0.6) is 0 Å². The third-order valence-electron chi connectivity index (χ3n) is 2.92. The van der Waals surface area contributed by atoms with Crippen molar-refractivity contribution >= 4 is 27.5 Å². The lowest BCUT2D eigenvalue weighted by Crippen LogP contribution is -2.32. The summed E-state index contributed by atoms with van der Waals surface area (Å²) in [6.45, 7) is 9.75. The van der Waals surface area contributed by atoms with Gasteiger partial charge in [0.15, 0.2) is 0 Å². The lowest BCUT2D eigenvalue weighted by atomic mass is 10.2. The van der Waals surface area contributed by atoms with Crippen LogP contribution in [0.3, 0.4) is 0 Å². The first-order valence-electron chi connectivity index (χ1n) is 6.54. The van der Waals surface area contributed by atoms with E-state index in [1.165, 1.54) is 18.5 Å². The Bertz CT molecular complexity index is 358. The van der Waals surface area contributed by atoms with Crippen molar-refractivity contribution in [1.29, 1.82) is 0 Å². The average molecular weight is 334 g/mol. The molecule has 0 saturated heterocycles. The molecule has 0 unspecified atom stereocenters. The molecule has 1 rings (SSSR count). The van der Waals surface area contributed by atoms with Crippen molar-refractivity contribution in [1.82, 2.24) is 10.2 Å². The van der Waals surface area contributed by atoms with Crippen LogP contribution in [0, 0.1) is 0 Å². The molecule has 0 aliphatic rings. The maximum atomic E-state index is 5.92. The summed E-state index contributed by atoms with van der Waals surface area (Å²) in [6, 6.07) is 5.93. The van der Waals surface area contributed by atoms with Crippen LogP contribution in [0.15, 0.2) is 22.7 Å². The smallest absolute Gasteiger partial charge is 0.0417 e. The number of nitrogens with zero attached hydrogens (tertiary/aromatic N) is 1. The largest absolute Gasteiger partial charge is 0.311 e. The topological polar surface area (TPSA) is 15.3 Å². The average Bonchev–Trinajstić information content (AvgIpc) is 2.35. The Hall–Kier alpha value is -0.0900. The van der Waals surface area contributed by atoms with Crippen LogP contribution in [0.1, 0.15) is 25.8 Å². The van der Waals surface area contributed by atoms with Gasteiger partial charge in [-0.05, 0) is 37.2 Å². The molecule has 0 bridgehead atoms. The molecule has 1 aromatic rings. The summed E-state index contributed by atoms with van der Waals surface area (Å²) in [5.41, 5.74) is 1.25. The van der Waals surface area contributed by atoms with Crippen molar-refractivity contribution in [3.05, 3.63) is 33.3 Å². The second-order valence-corrected chi connectivity index (χ2v) is 5.64. The Kier molecular flexibility index (Phi) is 7.91. The molecule has 0 atom stereocenters. The van der Waals surface area contributed by atoms with Crippen LogP contribution in [-0.4, -0.2) is 31.1 Å². The molecular formula is C14H22BrClN2. The van der Waals surface area contributed by atoms with Crippen molar-refractivity contribution < 1.29 is 0 Å². The first-order chi connectivity index (χ1) is 8.67. The minimum atomic E-state index is 0.769. The number of hydrogen-bond acceptors (Lipinski definition) is 2. The van der Waals surface area contributed by atoms with Crippen molar-refractivity contribution in [3.8, 4) is 0 Å². The number of halogens is 2. The molecule has 18 heavy (non-hydrogen) atoms. The van der Waals surface area contributed by atoms with E-state index in [4.69, 9.17) is 11.6 Å². The highest BCUT2D eigenvalue weighted by Crippen LogP contribution is 2.21. The van der Waals surface area contributed by atoms with Crippen LogP contribution < -0.4 is 5.32 Å². The second-order valence-electron chi connectivity index (χ2n) is 4.35. The third kappa shape index (κ3) is 5.70. The van der Waals surface area contributed by atoms with E-state index < -0.39 is 0 Å². The van der Waals surface area contributed by atoms with Gasteiger partial charge in [-0.2, -0.15) is 0 Å². The highest BCUT2D eigenvalue weighted by Gasteiger charge is 2.02. The maximum Gasteiger partial charge on any atom is 0.0417 e. The Morgan fingerprint density at radius 3 is 2.67 bits per heavy atom. The van der Waals surface area contributed by atoms with Crippen LogP contribution in [0.2, 0.25) is 5.02 Å². The molecule has 0 radical (unpaired) electrons. The maximum absolute atomic E-state index is 5.92. The van der Waals surface area contributed by atoms with Gasteiger partial charge in [-0.3, -0.25) is 0 Å². The minimum absolute atomic E-state index is 0.769. The monoisotopic (exact) mass is 332 g/mol. The van der Waals surface area contributed by atoms with Crippen molar-refractivity contribution in [2.45, 2.75) is 26.8 Å². The molecular weight excluding hydrogens is 312 g/mol. The van der Waals surface area contributed by atoms with Gasteiger partial charge in [0.2, 0.25) is 0 Å². The van der Waals surface area contributed by atoms with Gasteiger partial charge in [0.25, 0.3) is 0 Å². The zero-order valence-corrected chi connectivity index (χ0v) is 13.5. The van der Waals surface area contributed by atoms with E-state index in [2.05, 4.69) is 46.1 Å². The quantitative estimate of drug-likeness (QED) is 0.725. The van der Waals surface area contributed by atoms with Crippen LogP contribution >= 0.6 is 27.5 Å². The summed E-state index contributed by atoms with van der Waals surface area (Å²) in [4.78, 5) is 2.46. The van der Waals surface area contributed by atoms with Crippen molar-refractivity contribution in [2.24, 2.45) is 0 Å². The fraction of sp³-hybridized carbons (Fsp3) is 0.571. The van der Waals surface area contributed by atoms with E-state index >= 15 is 0 Å².